The van der Waals surface area contributed by atoms with Crippen molar-refractivity contribution in [3.63, 3.8) is 0 Å². The van der Waals surface area contributed by atoms with E-state index in [-0.39, 0.29) is 6.10 Å². The van der Waals surface area contributed by atoms with Crippen LogP contribution in [0.5, 0.6) is 0 Å². The maximum absolute atomic E-state index is 10.7. The van der Waals surface area contributed by atoms with E-state index in [2.05, 4.69) is 32.3 Å². The number of hydrogen-bond donors (Lipinski definition) is 1. The average Bonchev–Trinajstić information content (AvgIpc) is 2.71. The van der Waals surface area contributed by atoms with E-state index in [0.29, 0.717) is 6.61 Å². The molecule has 0 aliphatic carbocycles. The Bertz CT molecular complexity index is 344. The zero-order valence-electron chi connectivity index (χ0n) is 14.7. The van der Waals surface area contributed by atoms with Crippen LogP contribution in [0.3, 0.4) is 0 Å². The number of hydrogen-bond acceptors (Lipinski definition) is 3. The van der Waals surface area contributed by atoms with Crippen LogP contribution in [0.25, 0.3) is 0 Å². The molecule has 1 N–H and O–H groups in total. The first kappa shape index (κ1) is 18.9. The molecule has 1 heterocycles. The Balaban J connectivity index is 2.69. The lowest BCUT2D eigenvalue weighted by Gasteiger charge is -2.24. The minimum absolute atomic E-state index is 0.228. The summed E-state index contributed by atoms with van der Waals surface area (Å²) >= 11 is 0. The molecular formula is C17H34O3Si. The van der Waals surface area contributed by atoms with Gasteiger partial charge in [-0.3, -0.25) is 0 Å². The molecule has 0 spiro atoms. The van der Waals surface area contributed by atoms with Gasteiger partial charge in [0.25, 0.3) is 0 Å². The fraction of sp³-hybridized carbons (Fsp3) is 0.882. The Morgan fingerprint density at radius 3 is 2.43 bits per heavy atom. The first-order valence-electron chi connectivity index (χ1n) is 8.36. The molecule has 124 valence electrons. The Morgan fingerprint density at radius 2 is 1.95 bits per heavy atom. The Hall–Kier alpha value is -0.163. The molecule has 0 bridgehead atoms. The maximum Gasteiger partial charge on any atom is 0.163 e. The van der Waals surface area contributed by atoms with Crippen molar-refractivity contribution in [1.29, 1.82) is 0 Å². The summed E-state index contributed by atoms with van der Waals surface area (Å²) in [5.74, 6) is -0.571. The van der Waals surface area contributed by atoms with Gasteiger partial charge in [-0.05, 0) is 32.3 Å². The highest BCUT2D eigenvalue weighted by atomic mass is 28.3. The van der Waals surface area contributed by atoms with Crippen molar-refractivity contribution in [1.82, 2.24) is 0 Å². The van der Waals surface area contributed by atoms with Crippen molar-refractivity contribution in [2.75, 3.05) is 6.61 Å². The molecule has 0 radical (unpaired) electrons. The largest absolute Gasteiger partial charge is 0.386 e. The smallest absolute Gasteiger partial charge is 0.163 e. The number of aliphatic hydroxyl groups is 1. The van der Waals surface area contributed by atoms with Crippen LogP contribution < -0.4 is 0 Å². The van der Waals surface area contributed by atoms with Gasteiger partial charge in [0.05, 0.1) is 14.7 Å². The van der Waals surface area contributed by atoms with Crippen molar-refractivity contribution < 1.29 is 14.6 Å². The minimum Gasteiger partial charge on any atom is -0.386 e. The summed E-state index contributed by atoms with van der Waals surface area (Å²) in [7, 11) is -1.36. The van der Waals surface area contributed by atoms with Crippen LogP contribution in [0, 0.1) is 0 Å². The fourth-order valence-corrected chi connectivity index (χ4v) is 4.15. The van der Waals surface area contributed by atoms with Gasteiger partial charge in [0.15, 0.2) is 5.79 Å². The first-order chi connectivity index (χ1) is 9.64. The molecular weight excluding hydrogens is 280 g/mol. The van der Waals surface area contributed by atoms with E-state index in [1.165, 1.54) is 19.3 Å². The summed E-state index contributed by atoms with van der Waals surface area (Å²) in [6.45, 7) is 13.4. The first-order valence-corrected chi connectivity index (χ1v) is 11.9. The van der Waals surface area contributed by atoms with Crippen molar-refractivity contribution >= 4 is 8.07 Å². The molecule has 1 aliphatic rings. The SMILES string of the molecule is CCCCCC/C(=C\[Si](C)(C)C)[C@H](O)[C@H]1COC(C)(C)O1. The molecule has 0 aromatic heterocycles. The van der Waals surface area contributed by atoms with Crippen LogP contribution in [-0.4, -0.2) is 37.8 Å². The van der Waals surface area contributed by atoms with Crippen molar-refractivity contribution in [2.45, 2.75) is 90.5 Å². The lowest BCUT2D eigenvalue weighted by atomic mass is 10.00. The standard InChI is InChI=1S/C17H34O3Si/c1-7-8-9-10-11-14(13-21(4,5)6)16(18)15-12-19-17(2,3)20-15/h13,15-16,18H,7-12H2,1-6H3/b14-13+/t15-,16+/m1/s1. The van der Waals surface area contributed by atoms with Gasteiger partial charge in [-0.2, -0.15) is 0 Å². The molecule has 4 heteroatoms. The molecule has 1 saturated heterocycles. The highest BCUT2D eigenvalue weighted by Gasteiger charge is 2.38. The van der Waals surface area contributed by atoms with E-state index in [9.17, 15) is 5.11 Å². The zero-order valence-corrected chi connectivity index (χ0v) is 15.7. The van der Waals surface area contributed by atoms with Crippen LogP contribution in [0.15, 0.2) is 11.3 Å². The molecule has 0 aromatic carbocycles. The van der Waals surface area contributed by atoms with Crippen molar-refractivity contribution in [3.8, 4) is 0 Å². The van der Waals surface area contributed by atoms with Gasteiger partial charge in [-0.25, -0.2) is 0 Å². The molecule has 1 aliphatic heterocycles. The molecule has 0 unspecified atom stereocenters. The third kappa shape index (κ3) is 7.09. The van der Waals surface area contributed by atoms with Crippen LogP contribution in [0.2, 0.25) is 19.6 Å². The van der Waals surface area contributed by atoms with E-state index in [4.69, 9.17) is 9.47 Å². The predicted octanol–water partition coefficient (Wildman–Crippen LogP) is 4.27. The van der Waals surface area contributed by atoms with E-state index >= 15 is 0 Å². The third-order valence-electron chi connectivity index (χ3n) is 3.70. The van der Waals surface area contributed by atoms with Crippen molar-refractivity contribution in [2.24, 2.45) is 0 Å². The topological polar surface area (TPSA) is 38.7 Å². The van der Waals surface area contributed by atoms with E-state index in [1.807, 2.05) is 13.8 Å². The van der Waals surface area contributed by atoms with Crippen molar-refractivity contribution in [3.05, 3.63) is 11.3 Å². The second kappa shape index (κ2) is 7.91. The summed E-state index contributed by atoms with van der Waals surface area (Å²) < 4.78 is 11.4. The normalized spacial score (nSPS) is 24.3. The number of unbranched alkanes of at least 4 members (excludes halogenated alkanes) is 3. The Morgan fingerprint density at radius 1 is 1.29 bits per heavy atom. The summed E-state index contributed by atoms with van der Waals surface area (Å²) in [6, 6.07) is 0. The number of aliphatic hydroxyl groups excluding tert-OH is 1. The summed E-state index contributed by atoms with van der Waals surface area (Å²) in [6.07, 6.45) is 5.12. The van der Waals surface area contributed by atoms with Gasteiger partial charge in [0.2, 0.25) is 0 Å². The summed E-state index contributed by atoms with van der Waals surface area (Å²) in [4.78, 5) is 0. The molecule has 0 aromatic rings. The van der Waals surface area contributed by atoms with Gasteiger partial charge in [0.1, 0.15) is 12.2 Å². The summed E-state index contributed by atoms with van der Waals surface area (Å²) in [5.41, 5.74) is 3.51. The van der Waals surface area contributed by atoms with Crippen LogP contribution in [0.1, 0.15) is 52.9 Å². The van der Waals surface area contributed by atoms with E-state index < -0.39 is 20.0 Å². The second-order valence-electron chi connectivity index (χ2n) is 7.71. The van der Waals surface area contributed by atoms with Gasteiger partial charge in [0, 0.05) is 0 Å². The molecule has 2 atom stereocenters. The zero-order chi connectivity index (χ0) is 16.1. The monoisotopic (exact) mass is 314 g/mol. The van der Waals surface area contributed by atoms with E-state index in [1.54, 1.807) is 0 Å². The Labute approximate surface area is 131 Å². The lowest BCUT2D eigenvalue weighted by molar-refractivity contribution is -0.148. The van der Waals surface area contributed by atoms with E-state index in [0.717, 1.165) is 18.4 Å². The highest BCUT2D eigenvalue weighted by Crippen LogP contribution is 2.29. The lowest BCUT2D eigenvalue weighted by Crippen LogP contribution is -2.33. The molecule has 0 saturated carbocycles. The quantitative estimate of drug-likeness (QED) is 0.537. The molecule has 1 rings (SSSR count). The van der Waals surface area contributed by atoms with Gasteiger partial charge in [-0.15, -0.1) is 0 Å². The number of rotatable bonds is 8. The molecule has 0 amide bonds. The predicted molar refractivity (Wildman–Crippen MR) is 91.1 cm³/mol. The third-order valence-corrected chi connectivity index (χ3v) is 4.94. The molecule has 1 fully saturated rings. The van der Waals surface area contributed by atoms with Crippen LogP contribution >= 0.6 is 0 Å². The fourth-order valence-electron chi connectivity index (χ4n) is 2.73. The Kier molecular flexibility index (Phi) is 7.11. The van der Waals surface area contributed by atoms with Crippen LogP contribution in [-0.2, 0) is 9.47 Å². The summed E-state index contributed by atoms with van der Waals surface area (Å²) in [5, 5.41) is 10.7. The molecule has 3 nitrogen and oxygen atoms in total. The minimum atomic E-state index is -1.36. The average molecular weight is 315 g/mol. The van der Waals surface area contributed by atoms with Gasteiger partial charge >= 0.3 is 0 Å². The number of ether oxygens (including phenoxy) is 2. The molecule has 21 heavy (non-hydrogen) atoms. The van der Waals surface area contributed by atoms with Gasteiger partial charge < -0.3 is 14.6 Å². The van der Waals surface area contributed by atoms with Gasteiger partial charge in [-0.1, -0.05) is 51.5 Å². The highest BCUT2D eigenvalue weighted by molar-refractivity contribution is 6.81. The van der Waals surface area contributed by atoms with Crippen LogP contribution in [0.4, 0.5) is 0 Å². The maximum atomic E-state index is 10.7. The second-order valence-corrected chi connectivity index (χ2v) is 12.7.